The number of aryl methyl sites for hydroxylation is 1. The molecular formula is C18H18Cl2N4. The number of hydrogen-bond donors (Lipinski definition) is 1. The summed E-state index contributed by atoms with van der Waals surface area (Å²) in [6.45, 7) is 4.56. The molecule has 1 aromatic heterocycles. The van der Waals surface area contributed by atoms with Crippen molar-refractivity contribution < 1.29 is 0 Å². The highest BCUT2D eigenvalue weighted by Crippen LogP contribution is 2.33. The lowest BCUT2D eigenvalue weighted by Crippen LogP contribution is -2.06. The van der Waals surface area contributed by atoms with E-state index >= 15 is 0 Å². The highest BCUT2D eigenvalue weighted by molar-refractivity contribution is 6.43. The first kappa shape index (κ1) is 17.0. The highest BCUT2D eigenvalue weighted by atomic mass is 35.5. The summed E-state index contributed by atoms with van der Waals surface area (Å²) in [6, 6.07) is 11.6. The van der Waals surface area contributed by atoms with Gasteiger partial charge in [-0.1, -0.05) is 54.4 Å². The molecule has 0 radical (unpaired) electrons. The van der Waals surface area contributed by atoms with Gasteiger partial charge in [-0.15, -0.1) is 10.2 Å². The summed E-state index contributed by atoms with van der Waals surface area (Å²) in [5.74, 6) is 1.57. The standard InChI is InChI=1S/C18H18Cl2N4/c1-3-16-22-23-18(13-7-4-6-12(10-21)11(13)2)24(16)15-9-5-8-14(19)17(15)20/h4-9H,3,10,21H2,1-2H3. The van der Waals surface area contributed by atoms with E-state index in [1.165, 1.54) is 0 Å². The SMILES string of the molecule is CCc1nnc(-c2cccc(CN)c2C)n1-c1cccc(Cl)c1Cl. The molecule has 0 fully saturated rings. The van der Waals surface area contributed by atoms with Crippen LogP contribution in [0, 0.1) is 6.92 Å². The molecular weight excluding hydrogens is 343 g/mol. The van der Waals surface area contributed by atoms with Crippen LogP contribution in [0.25, 0.3) is 17.1 Å². The molecule has 0 aliphatic carbocycles. The maximum atomic E-state index is 6.44. The molecule has 6 heteroatoms. The van der Waals surface area contributed by atoms with Crippen molar-refractivity contribution in [1.29, 1.82) is 0 Å². The number of rotatable bonds is 4. The normalized spacial score (nSPS) is 11.0. The molecule has 3 rings (SSSR count). The van der Waals surface area contributed by atoms with Crippen molar-refractivity contribution in [3.63, 3.8) is 0 Å². The minimum atomic E-state index is 0.479. The van der Waals surface area contributed by atoms with Crippen LogP contribution in [-0.2, 0) is 13.0 Å². The van der Waals surface area contributed by atoms with E-state index in [0.717, 1.165) is 40.4 Å². The topological polar surface area (TPSA) is 56.7 Å². The predicted molar refractivity (Wildman–Crippen MR) is 98.8 cm³/mol. The van der Waals surface area contributed by atoms with Gasteiger partial charge in [-0.25, -0.2) is 0 Å². The monoisotopic (exact) mass is 360 g/mol. The first-order chi connectivity index (χ1) is 11.6. The Morgan fingerprint density at radius 1 is 1.08 bits per heavy atom. The zero-order chi connectivity index (χ0) is 17.3. The van der Waals surface area contributed by atoms with Crippen LogP contribution in [0.5, 0.6) is 0 Å². The molecule has 0 spiro atoms. The zero-order valence-corrected chi connectivity index (χ0v) is 15.1. The molecule has 3 aromatic rings. The zero-order valence-electron chi connectivity index (χ0n) is 13.6. The van der Waals surface area contributed by atoms with Gasteiger partial charge in [0.25, 0.3) is 0 Å². The van der Waals surface area contributed by atoms with Gasteiger partial charge in [0.1, 0.15) is 5.82 Å². The third kappa shape index (κ3) is 2.81. The molecule has 0 atom stereocenters. The largest absolute Gasteiger partial charge is 0.326 e. The minimum Gasteiger partial charge on any atom is -0.326 e. The van der Waals surface area contributed by atoms with E-state index in [-0.39, 0.29) is 0 Å². The van der Waals surface area contributed by atoms with Crippen LogP contribution in [0.4, 0.5) is 0 Å². The maximum Gasteiger partial charge on any atom is 0.168 e. The van der Waals surface area contributed by atoms with Crippen molar-refractivity contribution in [1.82, 2.24) is 14.8 Å². The number of nitrogens with two attached hydrogens (primary N) is 1. The van der Waals surface area contributed by atoms with Gasteiger partial charge in [0.05, 0.1) is 15.7 Å². The smallest absolute Gasteiger partial charge is 0.168 e. The van der Waals surface area contributed by atoms with Crippen LogP contribution in [0.3, 0.4) is 0 Å². The van der Waals surface area contributed by atoms with E-state index in [4.69, 9.17) is 28.9 Å². The Morgan fingerprint density at radius 2 is 1.83 bits per heavy atom. The summed E-state index contributed by atoms with van der Waals surface area (Å²) >= 11 is 12.6. The van der Waals surface area contributed by atoms with Gasteiger partial charge in [-0.05, 0) is 30.2 Å². The Labute approximate surface area is 151 Å². The summed E-state index contributed by atoms with van der Waals surface area (Å²) in [6.07, 6.45) is 0.728. The van der Waals surface area contributed by atoms with Crippen LogP contribution in [0.15, 0.2) is 36.4 Å². The molecule has 1 heterocycles. The fourth-order valence-corrected chi connectivity index (χ4v) is 3.17. The van der Waals surface area contributed by atoms with Gasteiger partial charge in [-0.2, -0.15) is 0 Å². The molecule has 0 aliphatic heterocycles. The van der Waals surface area contributed by atoms with Crippen molar-refractivity contribution in [2.75, 3.05) is 0 Å². The average molecular weight is 361 g/mol. The number of halogens is 2. The van der Waals surface area contributed by atoms with E-state index in [1.807, 2.05) is 48.7 Å². The van der Waals surface area contributed by atoms with E-state index in [0.29, 0.717) is 16.6 Å². The highest BCUT2D eigenvalue weighted by Gasteiger charge is 2.19. The average Bonchev–Trinajstić information content (AvgIpc) is 3.01. The Bertz CT molecular complexity index is 887. The fraction of sp³-hybridized carbons (Fsp3) is 0.222. The Hall–Kier alpha value is -1.88. The third-order valence-electron chi connectivity index (χ3n) is 4.13. The minimum absolute atomic E-state index is 0.479. The third-order valence-corrected chi connectivity index (χ3v) is 4.93. The van der Waals surface area contributed by atoms with Crippen LogP contribution in [0.2, 0.25) is 10.0 Å². The number of benzene rings is 2. The van der Waals surface area contributed by atoms with Crippen molar-refractivity contribution in [2.45, 2.75) is 26.8 Å². The van der Waals surface area contributed by atoms with Gasteiger partial charge < -0.3 is 5.73 Å². The van der Waals surface area contributed by atoms with E-state index in [1.54, 1.807) is 6.07 Å². The van der Waals surface area contributed by atoms with E-state index < -0.39 is 0 Å². The summed E-state index contributed by atoms with van der Waals surface area (Å²) in [7, 11) is 0. The summed E-state index contributed by atoms with van der Waals surface area (Å²) in [4.78, 5) is 0. The lowest BCUT2D eigenvalue weighted by Gasteiger charge is -2.14. The van der Waals surface area contributed by atoms with Crippen LogP contribution < -0.4 is 5.73 Å². The molecule has 0 unspecified atom stereocenters. The van der Waals surface area contributed by atoms with Crippen LogP contribution >= 0.6 is 23.2 Å². The van der Waals surface area contributed by atoms with Crippen LogP contribution in [0.1, 0.15) is 23.9 Å². The molecule has 0 aliphatic rings. The quantitative estimate of drug-likeness (QED) is 0.741. The second kappa shape index (κ2) is 6.93. The van der Waals surface area contributed by atoms with Crippen LogP contribution in [-0.4, -0.2) is 14.8 Å². The molecule has 24 heavy (non-hydrogen) atoms. The van der Waals surface area contributed by atoms with Gasteiger partial charge in [-0.3, -0.25) is 4.57 Å². The summed E-state index contributed by atoms with van der Waals surface area (Å²) < 4.78 is 1.97. The van der Waals surface area contributed by atoms with Crippen molar-refractivity contribution in [3.05, 3.63) is 63.4 Å². The lowest BCUT2D eigenvalue weighted by atomic mass is 10.0. The number of hydrogen-bond acceptors (Lipinski definition) is 3. The summed E-state index contributed by atoms with van der Waals surface area (Å²) in [5, 5.41) is 9.74. The number of nitrogens with zero attached hydrogens (tertiary/aromatic N) is 3. The van der Waals surface area contributed by atoms with E-state index in [2.05, 4.69) is 10.2 Å². The van der Waals surface area contributed by atoms with Crippen molar-refractivity contribution >= 4 is 23.2 Å². The Kier molecular flexibility index (Phi) is 4.90. The van der Waals surface area contributed by atoms with Gasteiger partial charge >= 0.3 is 0 Å². The van der Waals surface area contributed by atoms with Gasteiger partial charge in [0, 0.05) is 18.5 Å². The summed E-state index contributed by atoms with van der Waals surface area (Å²) in [5.41, 5.74) is 9.78. The maximum absolute atomic E-state index is 6.44. The van der Waals surface area contributed by atoms with Gasteiger partial charge in [0.15, 0.2) is 5.82 Å². The molecule has 0 bridgehead atoms. The Morgan fingerprint density at radius 3 is 2.54 bits per heavy atom. The molecule has 4 nitrogen and oxygen atoms in total. The van der Waals surface area contributed by atoms with Crippen molar-refractivity contribution in [3.8, 4) is 17.1 Å². The molecule has 2 aromatic carbocycles. The predicted octanol–water partition coefficient (Wildman–Crippen LogP) is 4.57. The molecule has 2 N–H and O–H groups in total. The van der Waals surface area contributed by atoms with E-state index in [9.17, 15) is 0 Å². The molecule has 0 saturated heterocycles. The second-order valence-corrected chi connectivity index (χ2v) is 6.28. The number of aromatic nitrogens is 3. The first-order valence-corrected chi connectivity index (χ1v) is 8.51. The second-order valence-electron chi connectivity index (χ2n) is 5.50. The molecule has 0 saturated carbocycles. The van der Waals surface area contributed by atoms with Gasteiger partial charge in [0.2, 0.25) is 0 Å². The lowest BCUT2D eigenvalue weighted by molar-refractivity contribution is 0.884. The fourth-order valence-electron chi connectivity index (χ4n) is 2.78. The van der Waals surface area contributed by atoms with Crippen molar-refractivity contribution in [2.24, 2.45) is 5.73 Å². The molecule has 124 valence electrons. The molecule has 0 amide bonds. The first-order valence-electron chi connectivity index (χ1n) is 7.76. The Balaban J connectivity index is 2.29.